The monoisotopic (exact) mass is 292 g/mol. The molecule has 1 atom stereocenters. The second-order valence-electron chi connectivity index (χ2n) is 5.50. The standard InChI is InChI=1S/C15H20N2O2S/c1-15(2,20-3)10-16-12-9-13(18)17(14(12)19)11-7-5-4-6-8-11/h4-8,12,16H,9-10H2,1-3H3. The van der Waals surface area contributed by atoms with Gasteiger partial charge >= 0.3 is 0 Å². The fourth-order valence-corrected chi connectivity index (χ4v) is 2.31. The highest BCUT2D eigenvalue weighted by Crippen LogP contribution is 2.24. The minimum atomic E-state index is -0.408. The Kier molecular flexibility index (Phi) is 4.50. The van der Waals surface area contributed by atoms with Crippen molar-refractivity contribution in [1.29, 1.82) is 0 Å². The Bertz CT molecular complexity index is 502. The van der Waals surface area contributed by atoms with E-state index < -0.39 is 6.04 Å². The molecule has 1 saturated heterocycles. The summed E-state index contributed by atoms with van der Waals surface area (Å²) in [6, 6.07) is 8.68. The lowest BCUT2D eigenvalue weighted by Crippen LogP contribution is -2.43. The molecule has 2 amide bonds. The number of nitrogens with zero attached hydrogens (tertiary/aromatic N) is 1. The van der Waals surface area contributed by atoms with Gasteiger partial charge in [-0.1, -0.05) is 18.2 Å². The van der Waals surface area contributed by atoms with Crippen LogP contribution in [-0.4, -0.2) is 35.4 Å². The lowest BCUT2D eigenvalue weighted by molar-refractivity contribution is -0.121. The Morgan fingerprint density at radius 1 is 1.30 bits per heavy atom. The SMILES string of the molecule is CSC(C)(C)CNC1CC(=O)N(c2ccccc2)C1=O. The molecular formula is C15H20N2O2S. The van der Waals surface area contributed by atoms with Crippen LogP contribution in [0.2, 0.25) is 0 Å². The van der Waals surface area contributed by atoms with Crippen LogP contribution in [0.3, 0.4) is 0 Å². The van der Waals surface area contributed by atoms with Crippen LogP contribution in [0.5, 0.6) is 0 Å². The van der Waals surface area contributed by atoms with Crippen molar-refractivity contribution in [2.24, 2.45) is 0 Å². The first-order valence-corrected chi connectivity index (χ1v) is 7.87. The van der Waals surface area contributed by atoms with E-state index in [0.29, 0.717) is 12.2 Å². The van der Waals surface area contributed by atoms with Crippen LogP contribution in [0.1, 0.15) is 20.3 Å². The minimum Gasteiger partial charge on any atom is -0.304 e. The summed E-state index contributed by atoms with van der Waals surface area (Å²) in [5.41, 5.74) is 0.649. The summed E-state index contributed by atoms with van der Waals surface area (Å²) < 4.78 is 0.0451. The van der Waals surface area contributed by atoms with E-state index in [2.05, 4.69) is 19.2 Å². The van der Waals surface area contributed by atoms with Gasteiger partial charge in [0.25, 0.3) is 5.91 Å². The third-order valence-corrected chi connectivity index (χ3v) is 4.74. The molecule has 0 radical (unpaired) electrons. The van der Waals surface area contributed by atoms with Crippen LogP contribution >= 0.6 is 11.8 Å². The van der Waals surface area contributed by atoms with Crippen molar-refractivity contribution in [3.05, 3.63) is 30.3 Å². The molecule has 1 aromatic carbocycles. The Hall–Kier alpha value is -1.33. The van der Waals surface area contributed by atoms with Crippen LogP contribution in [0, 0.1) is 0 Å². The van der Waals surface area contributed by atoms with Crippen molar-refractivity contribution in [1.82, 2.24) is 5.32 Å². The van der Waals surface area contributed by atoms with Gasteiger partial charge in [0, 0.05) is 11.3 Å². The van der Waals surface area contributed by atoms with Crippen molar-refractivity contribution >= 4 is 29.3 Å². The van der Waals surface area contributed by atoms with Crippen LogP contribution in [0.15, 0.2) is 30.3 Å². The molecule has 20 heavy (non-hydrogen) atoms. The molecule has 0 aromatic heterocycles. The van der Waals surface area contributed by atoms with E-state index in [1.807, 2.05) is 24.5 Å². The van der Waals surface area contributed by atoms with Gasteiger partial charge in [0.15, 0.2) is 0 Å². The zero-order valence-electron chi connectivity index (χ0n) is 12.1. The van der Waals surface area contributed by atoms with E-state index in [1.165, 1.54) is 4.90 Å². The van der Waals surface area contributed by atoms with Gasteiger partial charge in [0.05, 0.1) is 18.2 Å². The smallest absolute Gasteiger partial charge is 0.251 e. The predicted octanol–water partition coefficient (Wildman–Crippen LogP) is 2.05. The van der Waals surface area contributed by atoms with Gasteiger partial charge in [-0.05, 0) is 32.2 Å². The minimum absolute atomic E-state index is 0.0451. The number of amides is 2. The summed E-state index contributed by atoms with van der Waals surface area (Å²) in [6.07, 6.45) is 2.28. The molecule has 2 rings (SSSR count). The van der Waals surface area contributed by atoms with E-state index >= 15 is 0 Å². The Balaban J connectivity index is 2.06. The van der Waals surface area contributed by atoms with E-state index in [4.69, 9.17) is 0 Å². The van der Waals surface area contributed by atoms with Crippen LogP contribution in [-0.2, 0) is 9.59 Å². The van der Waals surface area contributed by atoms with Crippen LogP contribution in [0.25, 0.3) is 0 Å². The quantitative estimate of drug-likeness (QED) is 0.844. The number of imide groups is 1. The molecule has 0 bridgehead atoms. The number of carbonyl (C=O) groups excluding carboxylic acids is 2. The van der Waals surface area contributed by atoms with Gasteiger partial charge in [-0.15, -0.1) is 0 Å². The van der Waals surface area contributed by atoms with Gasteiger partial charge in [-0.2, -0.15) is 11.8 Å². The van der Waals surface area contributed by atoms with Crippen LogP contribution in [0.4, 0.5) is 5.69 Å². The van der Waals surface area contributed by atoms with Gasteiger partial charge in [0.1, 0.15) is 0 Å². The first kappa shape index (κ1) is 15.1. The zero-order valence-corrected chi connectivity index (χ0v) is 12.9. The lowest BCUT2D eigenvalue weighted by Gasteiger charge is -2.24. The van der Waals surface area contributed by atoms with Gasteiger partial charge in [-0.25, -0.2) is 4.90 Å². The van der Waals surface area contributed by atoms with Crippen molar-refractivity contribution in [3.63, 3.8) is 0 Å². The topological polar surface area (TPSA) is 49.4 Å². The highest BCUT2D eigenvalue weighted by Gasteiger charge is 2.39. The normalized spacial score (nSPS) is 19.8. The molecule has 1 unspecified atom stereocenters. The molecular weight excluding hydrogens is 272 g/mol. The first-order chi connectivity index (χ1) is 9.44. The van der Waals surface area contributed by atoms with E-state index in [9.17, 15) is 9.59 Å². The molecule has 108 valence electrons. The summed E-state index contributed by atoms with van der Waals surface area (Å²) in [7, 11) is 0. The molecule has 1 fully saturated rings. The second-order valence-corrected chi connectivity index (χ2v) is 7.02. The van der Waals surface area contributed by atoms with Gasteiger partial charge in [0.2, 0.25) is 5.91 Å². The number of carbonyl (C=O) groups is 2. The highest BCUT2D eigenvalue weighted by atomic mass is 32.2. The molecule has 1 aliphatic heterocycles. The Morgan fingerprint density at radius 2 is 1.95 bits per heavy atom. The Labute approximate surface area is 123 Å². The van der Waals surface area contributed by atoms with Crippen molar-refractivity contribution in [3.8, 4) is 0 Å². The number of thioether (sulfide) groups is 1. The van der Waals surface area contributed by atoms with Crippen LogP contribution < -0.4 is 10.2 Å². The summed E-state index contributed by atoms with van der Waals surface area (Å²) >= 11 is 1.74. The van der Waals surface area contributed by atoms with Crippen molar-refractivity contribution in [2.75, 3.05) is 17.7 Å². The third kappa shape index (κ3) is 3.22. The van der Waals surface area contributed by atoms with Crippen molar-refractivity contribution < 1.29 is 9.59 Å². The number of anilines is 1. The predicted molar refractivity (Wildman–Crippen MR) is 82.9 cm³/mol. The summed E-state index contributed by atoms with van der Waals surface area (Å²) in [5, 5.41) is 3.22. The maximum absolute atomic E-state index is 12.4. The zero-order chi connectivity index (χ0) is 14.8. The summed E-state index contributed by atoms with van der Waals surface area (Å²) in [5.74, 6) is -0.293. The summed E-state index contributed by atoms with van der Waals surface area (Å²) in [6.45, 7) is 4.92. The number of para-hydroxylation sites is 1. The molecule has 1 N–H and O–H groups in total. The second kappa shape index (κ2) is 5.97. The molecule has 0 aliphatic carbocycles. The van der Waals surface area contributed by atoms with Gasteiger partial charge < -0.3 is 5.32 Å². The highest BCUT2D eigenvalue weighted by molar-refractivity contribution is 7.99. The average Bonchev–Trinajstić information content (AvgIpc) is 2.72. The average molecular weight is 292 g/mol. The molecule has 4 nitrogen and oxygen atoms in total. The van der Waals surface area contributed by atoms with Gasteiger partial charge in [-0.3, -0.25) is 9.59 Å². The lowest BCUT2D eigenvalue weighted by atomic mass is 10.1. The number of rotatable bonds is 5. The maximum Gasteiger partial charge on any atom is 0.251 e. The van der Waals surface area contributed by atoms with Crippen molar-refractivity contribution in [2.45, 2.75) is 31.1 Å². The molecule has 5 heteroatoms. The van der Waals surface area contributed by atoms with E-state index in [1.54, 1.807) is 23.9 Å². The molecule has 0 spiro atoms. The van der Waals surface area contributed by atoms with E-state index in [-0.39, 0.29) is 23.0 Å². The third-order valence-electron chi connectivity index (χ3n) is 3.49. The number of hydrogen-bond donors (Lipinski definition) is 1. The fraction of sp³-hybridized carbons (Fsp3) is 0.467. The largest absolute Gasteiger partial charge is 0.304 e. The number of benzene rings is 1. The molecule has 0 saturated carbocycles. The molecule has 1 aliphatic rings. The Morgan fingerprint density at radius 3 is 2.55 bits per heavy atom. The van der Waals surface area contributed by atoms with E-state index in [0.717, 1.165) is 0 Å². The molecule has 1 aromatic rings. The number of hydrogen-bond acceptors (Lipinski definition) is 4. The molecule has 1 heterocycles. The fourth-order valence-electron chi connectivity index (χ4n) is 2.08. The number of nitrogens with one attached hydrogen (secondary N) is 1. The maximum atomic E-state index is 12.4. The first-order valence-electron chi connectivity index (χ1n) is 6.65. The summed E-state index contributed by atoms with van der Waals surface area (Å²) in [4.78, 5) is 25.7.